The lowest BCUT2D eigenvalue weighted by molar-refractivity contribution is 0.0797. The van der Waals surface area contributed by atoms with E-state index in [1.807, 2.05) is 6.08 Å². The van der Waals surface area contributed by atoms with Crippen LogP contribution in [0.15, 0.2) is 53.0 Å². The van der Waals surface area contributed by atoms with Gasteiger partial charge in [0.05, 0.1) is 23.1 Å². The minimum atomic E-state index is -2.64. The van der Waals surface area contributed by atoms with Crippen molar-refractivity contribution in [1.29, 1.82) is 5.41 Å². The number of aromatic nitrogens is 3. The van der Waals surface area contributed by atoms with Crippen LogP contribution in [-0.4, -0.2) is 53.8 Å². The lowest BCUT2D eigenvalue weighted by Crippen LogP contribution is -2.28. The molecule has 34 heavy (non-hydrogen) atoms. The molecule has 0 spiro atoms. The van der Waals surface area contributed by atoms with E-state index in [9.17, 15) is 13.6 Å². The maximum absolute atomic E-state index is 13.7. The number of halogens is 2. The second-order valence-corrected chi connectivity index (χ2v) is 7.88. The molecule has 2 N–H and O–H groups in total. The van der Waals surface area contributed by atoms with Gasteiger partial charge < -0.3 is 20.2 Å². The van der Waals surface area contributed by atoms with Crippen LogP contribution in [-0.2, 0) is 4.74 Å². The van der Waals surface area contributed by atoms with Gasteiger partial charge in [-0.3, -0.25) is 4.79 Å². The van der Waals surface area contributed by atoms with Gasteiger partial charge in [0, 0.05) is 32.0 Å². The highest BCUT2D eigenvalue weighted by Gasteiger charge is 2.23. The Bertz CT molecular complexity index is 1290. The van der Waals surface area contributed by atoms with E-state index in [1.165, 1.54) is 10.7 Å². The van der Waals surface area contributed by atoms with E-state index in [1.54, 1.807) is 44.7 Å². The number of fused-ring (bicyclic) bond motifs is 1. The van der Waals surface area contributed by atoms with Crippen LogP contribution >= 0.6 is 0 Å². The number of nitrogens with zero attached hydrogens (tertiary/aromatic N) is 3. The summed E-state index contributed by atoms with van der Waals surface area (Å²) in [5.41, 5.74) is 2.89. The van der Waals surface area contributed by atoms with Crippen molar-refractivity contribution in [2.45, 2.75) is 31.8 Å². The van der Waals surface area contributed by atoms with Crippen LogP contribution in [0.5, 0.6) is 5.88 Å². The summed E-state index contributed by atoms with van der Waals surface area (Å²) in [5, 5.41) is 15.5. The monoisotopic (exact) mass is 469 g/mol. The molecular formula is C24H25F2N5O3. The molecule has 0 saturated heterocycles. The SMILES string of the molecule is CN/C=C1/C=C(n2nc3ccc(OCC(F)F)nc3c(C3=CCC(OC)CC3)c2=O)C=CC1=N. The van der Waals surface area contributed by atoms with E-state index in [-0.39, 0.29) is 17.5 Å². The van der Waals surface area contributed by atoms with Gasteiger partial charge in [0.15, 0.2) is 6.61 Å². The van der Waals surface area contributed by atoms with Crippen LogP contribution in [0.1, 0.15) is 24.8 Å². The molecule has 2 aromatic heterocycles. The summed E-state index contributed by atoms with van der Waals surface area (Å²) in [4.78, 5) is 18.1. The molecule has 2 aromatic rings. The molecule has 2 heterocycles. The molecule has 178 valence electrons. The van der Waals surface area contributed by atoms with Crippen LogP contribution < -0.4 is 15.6 Å². The molecule has 8 nitrogen and oxygen atoms in total. The van der Waals surface area contributed by atoms with Gasteiger partial charge in [-0.05, 0) is 49.1 Å². The molecule has 0 amide bonds. The zero-order valence-corrected chi connectivity index (χ0v) is 18.8. The number of hydrogen-bond acceptors (Lipinski definition) is 7. The molecular weight excluding hydrogens is 444 g/mol. The number of hydrogen-bond donors (Lipinski definition) is 2. The number of pyridine rings is 1. The summed E-state index contributed by atoms with van der Waals surface area (Å²) >= 11 is 0. The maximum Gasteiger partial charge on any atom is 0.281 e. The number of rotatable bonds is 7. The van der Waals surface area contributed by atoms with Crippen molar-refractivity contribution >= 4 is 28.0 Å². The van der Waals surface area contributed by atoms with Gasteiger partial charge in [0.25, 0.3) is 12.0 Å². The van der Waals surface area contributed by atoms with Gasteiger partial charge in [0.1, 0.15) is 11.0 Å². The van der Waals surface area contributed by atoms with E-state index in [0.29, 0.717) is 46.4 Å². The molecule has 0 saturated carbocycles. The van der Waals surface area contributed by atoms with Crippen LogP contribution in [0, 0.1) is 5.41 Å². The van der Waals surface area contributed by atoms with Crippen LogP contribution in [0.3, 0.4) is 0 Å². The first-order valence-electron chi connectivity index (χ1n) is 10.8. The van der Waals surface area contributed by atoms with Crippen molar-refractivity contribution in [3.8, 4) is 5.88 Å². The topological polar surface area (TPSA) is 102 Å². The van der Waals surface area contributed by atoms with Crippen LogP contribution in [0.4, 0.5) is 8.78 Å². The summed E-state index contributed by atoms with van der Waals surface area (Å²) in [6, 6.07) is 3.06. The van der Waals surface area contributed by atoms with Gasteiger partial charge in [-0.25, -0.2) is 13.8 Å². The van der Waals surface area contributed by atoms with Crippen molar-refractivity contribution in [2.75, 3.05) is 20.8 Å². The Labute approximate surface area is 194 Å². The molecule has 4 rings (SSSR count). The first kappa shape index (κ1) is 23.5. The summed E-state index contributed by atoms with van der Waals surface area (Å²) in [5.74, 6) is 0.00337. The predicted molar refractivity (Wildman–Crippen MR) is 126 cm³/mol. The fourth-order valence-electron chi connectivity index (χ4n) is 3.96. The quantitative estimate of drug-likeness (QED) is 0.643. The third-order valence-electron chi connectivity index (χ3n) is 5.65. The van der Waals surface area contributed by atoms with Crippen molar-refractivity contribution in [3.63, 3.8) is 0 Å². The van der Waals surface area contributed by atoms with Crippen LogP contribution in [0.2, 0.25) is 0 Å². The lowest BCUT2D eigenvalue weighted by Gasteiger charge is -2.22. The Balaban J connectivity index is 1.89. The molecule has 0 aromatic carbocycles. The summed E-state index contributed by atoms with van der Waals surface area (Å²) in [7, 11) is 3.38. The highest BCUT2D eigenvalue weighted by atomic mass is 19.3. The summed E-state index contributed by atoms with van der Waals surface area (Å²) in [6.07, 6.45) is 7.99. The number of nitrogens with one attached hydrogen (secondary N) is 2. The standard InChI is InChI=1S/C24H25F2N5O3/c1-28-12-15-11-16(5-8-18(15)27)31-24(32)22(14-3-6-17(33-2)7-4-14)23-19(30-31)9-10-21(29-23)34-13-20(25)26/h3,5,8-12,17,20,27-28H,4,6-7,13H2,1-2H3/b15-12-,27-18?. The van der Waals surface area contributed by atoms with E-state index in [2.05, 4.69) is 15.4 Å². The first-order valence-corrected chi connectivity index (χ1v) is 10.8. The second kappa shape index (κ2) is 10.1. The normalized spacial score (nSPS) is 19.5. The molecule has 0 radical (unpaired) electrons. The molecule has 10 heteroatoms. The first-order chi connectivity index (χ1) is 16.4. The van der Waals surface area contributed by atoms with Gasteiger partial charge in [-0.1, -0.05) is 6.08 Å². The van der Waals surface area contributed by atoms with Crippen molar-refractivity contribution < 1.29 is 18.3 Å². The zero-order valence-electron chi connectivity index (χ0n) is 18.8. The van der Waals surface area contributed by atoms with Gasteiger partial charge in [-0.2, -0.15) is 9.78 Å². The molecule has 0 bridgehead atoms. The van der Waals surface area contributed by atoms with Gasteiger partial charge >= 0.3 is 0 Å². The van der Waals surface area contributed by atoms with Gasteiger partial charge in [0.2, 0.25) is 5.88 Å². The van der Waals surface area contributed by atoms with Crippen molar-refractivity contribution in [2.24, 2.45) is 0 Å². The zero-order chi connectivity index (χ0) is 24.2. The van der Waals surface area contributed by atoms with Crippen molar-refractivity contribution in [3.05, 3.63) is 64.1 Å². The maximum atomic E-state index is 13.7. The number of methoxy groups -OCH3 is 1. The highest BCUT2D eigenvalue weighted by molar-refractivity contribution is 6.11. The van der Waals surface area contributed by atoms with E-state index >= 15 is 0 Å². The van der Waals surface area contributed by atoms with Crippen LogP contribution in [0.25, 0.3) is 22.3 Å². The van der Waals surface area contributed by atoms with E-state index in [4.69, 9.17) is 14.9 Å². The summed E-state index contributed by atoms with van der Waals surface area (Å²) < 4.78 is 37.1. The third kappa shape index (κ3) is 4.81. The number of alkyl halides is 2. The molecule has 0 fully saturated rings. The largest absolute Gasteiger partial charge is 0.472 e. The Morgan fingerprint density at radius 3 is 2.85 bits per heavy atom. The van der Waals surface area contributed by atoms with Crippen molar-refractivity contribution in [1.82, 2.24) is 20.1 Å². The fourth-order valence-corrected chi connectivity index (χ4v) is 3.96. The highest BCUT2D eigenvalue weighted by Crippen LogP contribution is 2.31. The molecule has 0 aliphatic heterocycles. The lowest BCUT2D eigenvalue weighted by atomic mass is 9.92. The average Bonchev–Trinajstić information content (AvgIpc) is 2.84. The smallest absolute Gasteiger partial charge is 0.281 e. The average molecular weight is 469 g/mol. The predicted octanol–water partition coefficient (Wildman–Crippen LogP) is 3.55. The Hall–Kier alpha value is -3.66. The number of allylic oxidation sites excluding steroid dienone is 6. The fraction of sp³-hybridized carbons (Fsp3) is 0.333. The summed E-state index contributed by atoms with van der Waals surface area (Å²) in [6.45, 7) is -0.791. The second-order valence-electron chi connectivity index (χ2n) is 7.88. The molecule has 2 aliphatic carbocycles. The molecule has 1 atom stereocenters. The Morgan fingerprint density at radius 2 is 2.18 bits per heavy atom. The Kier molecular flexibility index (Phi) is 6.97. The van der Waals surface area contributed by atoms with E-state index in [0.717, 1.165) is 12.0 Å². The van der Waals surface area contributed by atoms with E-state index < -0.39 is 13.0 Å². The minimum Gasteiger partial charge on any atom is -0.472 e. The molecule has 1 unspecified atom stereocenters. The van der Waals surface area contributed by atoms with Gasteiger partial charge in [-0.15, -0.1) is 0 Å². The minimum absolute atomic E-state index is 0.00337. The number of ether oxygens (including phenoxy) is 2. The Morgan fingerprint density at radius 1 is 1.35 bits per heavy atom. The third-order valence-corrected chi connectivity index (χ3v) is 5.65. The molecule has 2 aliphatic rings.